The molecule has 0 radical (unpaired) electrons. The molecular formula is C25H27N3O5. The number of hydrogen-bond acceptors (Lipinski definition) is 8. The van der Waals surface area contributed by atoms with E-state index >= 15 is 0 Å². The molecule has 2 heterocycles. The highest BCUT2D eigenvalue weighted by Crippen LogP contribution is 2.37. The van der Waals surface area contributed by atoms with E-state index in [-0.39, 0.29) is 0 Å². The zero-order valence-corrected chi connectivity index (χ0v) is 18.5. The fourth-order valence-corrected chi connectivity index (χ4v) is 3.89. The van der Waals surface area contributed by atoms with E-state index in [2.05, 4.69) is 16.2 Å². The van der Waals surface area contributed by atoms with Crippen LogP contribution in [0.2, 0.25) is 0 Å². The van der Waals surface area contributed by atoms with Crippen LogP contribution in [0.15, 0.2) is 51.4 Å². The van der Waals surface area contributed by atoms with Crippen LogP contribution in [0.1, 0.15) is 31.1 Å². The van der Waals surface area contributed by atoms with E-state index < -0.39 is 18.8 Å². The predicted molar refractivity (Wildman–Crippen MR) is 123 cm³/mol. The molecule has 2 aromatic heterocycles. The van der Waals surface area contributed by atoms with E-state index in [1.54, 1.807) is 12.1 Å². The number of aliphatic hydroxyl groups is 2. The number of rotatable bonds is 9. The maximum Gasteiger partial charge on any atom is 0.258 e. The molecule has 8 heteroatoms. The second-order valence-corrected chi connectivity index (χ2v) is 8.66. The summed E-state index contributed by atoms with van der Waals surface area (Å²) in [6.45, 7) is 1.74. The van der Waals surface area contributed by atoms with Crippen LogP contribution in [0.3, 0.4) is 0 Å². The number of furan rings is 1. The molecule has 0 bridgehead atoms. The molecule has 0 saturated heterocycles. The number of nitrogens with two attached hydrogens (primary N) is 1. The van der Waals surface area contributed by atoms with E-state index in [0.29, 0.717) is 29.7 Å². The minimum absolute atomic E-state index is 0.311. The molecule has 1 saturated carbocycles. The maximum atomic E-state index is 9.54. The fourth-order valence-electron chi connectivity index (χ4n) is 3.89. The lowest BCUT2D eigenvalue weighted by atomic mass is 10.00. The van der Waals surface area contributed by atoms with Gasteiger partial charge in [-0.15, -0.1) is 0 Å². The molecule has 0 amide bonds. The highest BCUT2D eigenvalue weighted by atomic mass is 16.5. The standard InChI is InChI=1S/C25H27N3O5/c1-2-31-20-7-6-17(11-18(20)9-15-3-4-15)24-27-23(28-33-24)16-5-8-21-19(10-16)12-22(32-21)25(26,13-29)14-30/h5-8,10-12,15,29-30H,2-4,9,13-14,26H2,1H3. The Balaban J connectivity index is 1.44. The molecule has 5 rings (SSSR count). The zero-order valence-electron chi connectivity index (χ0n) is 18.5. The van der Waals surface area contributed by atoms with Crippen molar-refractivity contribution in [3.05, 3.63) is 53.8 Å². The van der Waals surface area contributed by atoms with Crippen molar-refractivity contribution in [2.24, 2.45) is 11.7 Å². The third-order valence-corrected chi connectivity index (χ3v) is 6.07. The van der Waals surface area contributed by atoms with Gasteiger partial charge in [0.25, 0.3) is 5.89 Å². The number of nitrogens with zero attached hydrogens (tertiary/aromatic N) is 2. The number of hydrogen-bond donors (Lipinski definition) is 3. The molecule has 0 spiro atoms. The zero-order chi connectivity index (χ0) is 23.0. The summed E-state index contributed by atoms with van der Waals surface area (Å²) in [4.78, 5) is 4.60. The number of ether oxygens (including phenoxy) is 1. The average molecular weight is 450 g/mol. The Morgan fingerprint density at radius 1 is 1.09 bits per heavy atom. The lowest BCUT2D eigenvalue weighted by molar-refractivity contribution is 0.105. The summed E-state index contributed by atoms with van der Waals surface area (Å²) in [7, 11) is 0. The van der Waals surface area contributed by atoms with Gasteiger partial charge < -0.3 is 29.6 Å². The van der Waals surface area contributed by atoms with E-state index in [1.165, 1.54) is 18.4 Å². The first-order valence-corrected chi connectivity index (χ1v) is 11.2. The smallest absolute Gasteiger partial charge is 0.258 e. The van der Waals surface area contributed by atoms with Gasteiger partial charge in [0.1, 0.15) is 22.6 Å². The lowest BCUT2D eigenvalue weighted by Crippen LogP contribution is -2.43. The van der Waals surface area contributed by atoms with Gasteiger partial charge >= 0.3 is 0 Å². The molecule has 0 atom stereocenters. The summed E-state index contributed by atoms with van der Waals surface area (Å²) >= 11 is 0. The van der Waals surface area contributed by atoms with Crippen LogP contribution in [-0.4, -0.2) is 40.2 Å². The molecule has 1 fully saturated rings. The van der Waals surface area contributed by atoms with E-state index in [4.69, 9.17) is 19.4 Å². The van der Waals surface area contributed by atoms with E-state index in [1.807, 2.05) is 31.2 Å². The predicted octanol–water partition coefficient (Wildman–Crippen LogP) is 3.64. The number of aromatic nitrogens is 2. The summed E-state index contributed by atoms with van der Waals surface area (Å²) in [5.74, 6) is 2.85. The van der Waals surface area contributed by atoms with Crippen molar-refractivity contribution >= 4 is 11.0 Å². The first-order chi connectivity index (χ1) is 16.0. The van der Waals surface area contributed by atoms with Crippen molar-refractivity contribution in [3.63, 3.8) is 0 Å². The normalized spacial score (nSPS) is 14.2. The third kappa shape index (κ3) is 4.25. The molecule has 172 valence electrons. The molecule has 2 aromatic carbocycles. The summed E-state index contributed by atoms with van der Waals surface area (Å²) in [5.41, 5.74) is 8.06. The van der Waals surface area contributed by atoms with Gasteiger partial charge in [-0.1, -0.05) is 5.16 Å². The molecule has 1 aliphatic rings. The third-order valence-electron chi connectivity index (χ3n) is 6.07. The largest absolute Gasteiger partial charge is 0.494 e. The molecule has 0 unspecified atom stereocenters. The monoisotopic (exact) mass is 449 g/mol. The van der Waals surface area contributed by atoms with Crippen LogP contribution in [0.25, 0.3) is 33.8 Å². The quantitative estimate of drug-likeness (QED) is 0.353. The van der Waals surface area contributed by atoms with E-state index in [9.17, 15) is 10.2 Å². The Morgan fingerprint density at radius 3 is 2.61 bits per heavy atom. The Bertz CT molecular complexity index is 1270. The van der Waals surface area contributed by atoms with Gasteiger partial charge in [0.2, 0.25) is 5.82 Å². The minimum atomic E-state index is -1.34. The molecule has 33 heavy (non-hydrogen) atoms. The summed E-state index contributed by atoms with van der Waals surface area (Å²) in [6, 6.07) is 13.2. The van der Waals surface area contributed by atoms with Gasteiger partial charge in [-0.25, -0.2) is 0 Å². The molecule has 4 N–H and O–H groups in total. The first kappa shape index (κ1) is 21.6. The highest BCUT2D eigenvalue weighted by molar-refractivity contribution is 5.83. The van der Waals surface area contributed by atoms with Gasteiger partial charge in [0.15, 0.2) is 0 Å². The summed E-state index contributed by atoms with van der Waals surface area (Å²) in [5, 5.41) is 24.0. The Morgan fingerprint density at radius 2 is 1.88 bits per heavy atom. The van der Waals surface area contributed by atoms with Crippen molar-refractivity contribution in [2.75, 3.05) is 19.8 Å². The van der Waals surface area contributed by atoms with Crippen molar-refractivity contribution in [1.29, 1.82) is 0 Å². The van der Waals surface area contributed by atoms with Crippen LogP contribution in [0.4, 0.5) is 0 Å². The van der Waals surface area contributed by atoms with Gasteiger partial charge in [-0.3, -0.25) is 0 Å². The minimum Gasteiger partial charge on any atom is -0.494 e. The molecular weight excluding hydrogens is 422 g/mol. The Hall–Kier alpha value is -3.20. The summed E-state index contributed by atoms with van der Waals surface area (Å²) < 4.78 is 17.1. The van der Waals surface area contributed by atoms with Crippen molar-refractivity contribution in [2.45, 2.75) is 31.7 Å². The molecule has 8 nitrogen and oxygen atoms in total. The summed E-state index contributed by atoms with van der Waals surface area (Å²) in [6.07, 6.45) is 3.52. The lowest BCUT2D eigenvalue weighted by Gasteiger charge is -2.21. The number of benzene rings is 2. The van der Waals surface area contributed by atoms with Gasteiger partial charge in [0.05, 0.1) is 19.8 Å². The number of aliphatic hydroxyl groups excluding tert-OH is 2. The average Bonchev–Trinajstić information content (AvgIpc) is 3.34. The molecule has 1 aliphatic carbocycles. The van der Waals surface area contributed by atoms with Gasteiger partial charge in [0, 0.05) is 16.5 Å². The fraction of sp³-hybridized carbons (Fsp3) is 0.360. The van der Waals surface area contributed by atoms with Crippen LogP contribution in [0.5, 0.6) is 5.75 Å². The molecule has 4 aromatic rings. The SMILES string of the molecule is CCOc1ccc(-c2nc(-c3ccc4oc(C(N)(CO)CO)cc4c3)no2)cc1CC1CC1. The topological polar surface area (TPSA) is 128 Å². The molecule has 0 aliphatic heterocycles. The van der Waals surface area contributed by atoms with Crippen LogP contribution in [0, 0.1) is 5.92 Å². The van der Waals surface area contributed by atoms with Crippen molar-refractivity contribution in [1.82, 2.24) is 10.1 Å². The van der Waals surface area contributed by atoms with E-state index in [0.717, 1.165) is 34.6 Å². The maximum absolute atomic E-state index is 9.54. The van der Waals surface area contributed by atoms with Gasteiger partial charge in [-0.05, 0) is 80.1 Å². The van der Waals surface area contributed by atoms with Crippen LogP contribution >= 0.6 is 0 Å². The number of fused-ring (bicyclic) bond motifs is 1. The van der Waals surface area contributed by atoms with Crippen LogP contribution in [-0.2, 0) is 12.0 Å². The van der Waals surface area contributed by atoms with Gasteiger partial charge in [-0.2, -0.15) is 4.98 Å². The Labute approximate surface area is 191 Å². The second kappa shape index (κ2) is 8.62. The Kier molecular flexibility index (Phi) is 5.65. The second-order valence-electron chi connectivity index (χ2n) is 8.66. The van der Waals surface area contributed by atoms with Crippen molar-refractivity contribution in [3.8, 4) is 28.6 Å². The van der Waals surface area contributed by atoms with Crippen molar-refractivity contribution < 1.29 is 23.9 Å². The van der Waals surface area contributed by atoms with Crippen LogP contribution < -0.4 is 10.5 Å². The first-order valence-electron chi connectivity index (χ1n) is 11.2. The highest BCUT2D eigenvalue weighted by Gasteiger charge is 2.30.